The minimum Gasteiger partial charge on any atom is -0.371 e. The third kappa shape index (κ3) is 8.44. The molecule has 3 N–H and O–H groups in total. The van der Waals surface area contributed by atoms with Gasteiger partial charge in [0.25, 0.3) is 11.8 Å². The Balaban J connectivity index is 0.734. The van der Waals surface area contributed by atoms with Gasteiger partial charge in [0.1, 0.15) is 23.7 Å². The van der Waals surface area contributed by atoms with Crippen molar-refractivity contribution >= 4 is 61.8 Å². The van der Waals surface area contributed by atoms with E-state index in [-0.39, 0.29) is 31.0 Å². The van der Waals surface area contributed by atoms with E-state index in [4.69, 9.17) is 0 Å². The van der Waals surface area contributed by atoms with Gasteiger partial charge < -0.3 is 20.1 Å². The second-order valence-electron chi connectivity index (χ2n) is 17.9. The average molecular weight is 936 g/mol. The van der Waals surface area contributed by atoms with Gasteiger partial charge in [0.05, 0.1) is 22.4 Å². The molecule has 0 bridgehead atoms. The molecule has 2 atom stereocenters. The van der Waals surface area contributed by atoms with E-state index in [1.807, 2.05) is 35.1 Å². The SMILES string of the molecule is C=C1CCC(N2C(=O)c3ccc(N4CCC(CN5CCN(c6ccc(-c7cnc8[nH]cc(C(=O)c9c(F)ccc(NS(=O)(=O)N%10CC[C@@H](F)C%10)c9F)c8c7)cc6)CC5)CC4)cc3C2=O)C(=O)N1. The number of piperidine rings is 2. The summed E-state index contributed by atoms with van der Waals surface area (Å²) in [6.07, 6.45) is 4.47. The second-order valence-corrected chi connectivity index (χ2v) is 19.6. The van der Waals surface area contributed by atoms with Crippen LogP contribution in [0.25, 0.3) is 22.2 Å². The molecular weight excluding hydrogens is 888 g/mol. The Kier molecular flexibility index (Phi) is 11.6. The van der Waals surface area contributed by atoms with Crippen LogP contribution in [-0.2, 0) is 15.0 Å². The first-order valence-corrected chi connectivity index (χ1v) is 23.9. The number of rotatable bonds is 11. The van der Waals surface area contributed by atoms with Crippen LogP contribution in [0, 0.1) is 17.6 Å². The van der Waals surface area contributed by atoms with Crippen molar-refractivity contribution in [3.63, 3.8) is 0 Å². The summed E-state index contributed by atoms with van der Waals surface area (Å²) in [7, 11) is -4.36. The fraction of sp³-hybridized carbons (Fsp3) is 0.354. The van der Waals surface area contributed by atoms with Gasteiger partial charge in [0, 0.05) is 105 Å². The number of nitrogens with zero attached hydrogens (tertiary/aromatic N) is 6. The fourth-order valence-corrected chi connectivity index (χ4v) is 11.2. The molecule has 1 unspecified atom stereocenters. The van der Waals surface area contributed by atoms with Crippen LogP contribution in [0.5, 0.6) is 0 Å². The van der Waals surface area contributed by atoms with Gasteiger partial charge in [-0.2, -0.15) is 12.7 Å². The molecule has 5 aliphatic rings. The minimum absolute atomic E-state index is 0.000613. The van der Waals surface area contributed by atoms with Gasteiger partial charge in [-0.25, -0.2) is 18.2 Å². The van der Waals surface area contributed by atoms with E-state index in [0.717, 1.165) is 96.9 Å². The maximum Gasteiger partial charge on any atom is 0.301 e. The number of carbonyl (C=O) groups excluding carboxylic acids is 4. The largest absolute Gasteiger partial charge is 0.371 e. The zero-order valence-electron chi connectivity index (χ0n) is 36.4. The number of hydrogen-bond donors (Lipinski definition) is 3. The third-order valence-corrected chi connectivity index (χ3v) is 15.2. The van der Waals surface area contributed by atoms with Gasteiger partial charge in [-0.15, -0.1) is 0 Å². The van der Waals surface area contributed by atoms with Gasteiger partial charge in [-0.1, -0.05) is 18.7 Å². The van der Waals surface area contributed by atoms with Crippen LogP contribution in [0.4, 0.5) is 30.2 Å². The van der Waals surface area contributed by atoms with Crippen molar-refractivity contribution in [3.05, 3.63) is 119 Å². The fourth-order valence-electron chi connectivity index (χ4n) is 9.96. The summed E-state index contributed by atoms with van der Waals surface area (Å²) in [6.45, 7) is 9.48. The molecule has 0 saturated carbocycles. The topological polar surface area (TPSA) is 171 Å². The summed E-state index contributed by atoms with van der Waals surface area (Å²) >= 11 is 0. The number of carbonyl (C=O) groups is 4. The van der Waals surface area contributed by atoms with Crippen LogP contribution in [0.2, 0.25) is 0 Å². The molecular formula is C48H48F3N9O6S. The number of fused-ring (bicyclic) bond motifs is 2. The standard InChI is InChI=1S/C48H48F3N9O6S/c1-28-2-11-41(46(62)54-28)60-47(63)35-8-7-34(23-37(35)48(60)64)57-15-12-29(13-16-57)26-56-18-20-58(21-19-56)33-5-3-30(4-6-33)31-22-36-38(25-53-45(36)52-24-31)44(61)42-39(50)9-10-40(43(42)51)55-67(65,66)59-17-14-32(49)27-59/h3-10,22-25,29,32,41,55H,1-2,11-21,26-27H2,(H,52,53)(H,54,62)/t32-,41?/m1/s1. The maximum absolute atomic E-state index is 15.8. The number of nitrogens with one attached hydrogen (secondary N) is 3. The summed E-state index contributed by atoms with van der Waals surface area (Å²) in [5.74, 6) is -4.29. The molecule has 3 aromatic carbocycles. The number of alkyl halides is 1. The Hall–Kier alpha value is -6.57. The number of halogens is 3. The summed E-state index contributed by atoms with van der Waals surface area (Å²) in [5, 5.41) is 3.00. The van der Waals surface area contributed by atoms with Crippen LogP contribution in [0.15, 0.2) is 85.3 Å². The molecule has 5 aliphatic heterocycles. The summed E-state index contributed by atoms with van der Waals surface area (Å²) < 4.78 is 73.1. The molecule has 0 radical (unpaired) electrons. The molecule has 0 spiro atoms. The van der Waals surface area contributed by atoms with Crippen LogP contribution < -0.4 is 19.8 Å². The predicted molar refractivity (Wildman–Crippen MR) is 246 cm³/mol. The van der Waals surface area contributed by atoms with Gasteiger partial charge in [-0.05, 0) is 92.1 Å². The molecule has 67 heavy (non-hydrogen) atoms. The lowest BCUT2D eigenvalue weighted by Crippen LogP contribution is -2.51. The molecule has 15 nitrogen and oxygen atoms in total. The molecule has 348 valence electrons. The van der Waals surface area contributed by atoms with Crippen molar-refractivity contribution < 1.29 is 40.8 Å². The highest BCUT2D eigenvalue weighted by Gasteiger charge is 2.44. The first-order chi connectivity index (χ1) is 32.2. The smallest absolute Gasteiger partial charge is 0.301 e. The second kappa shape index (κ2) is 17.6. The average Bonchev–Trinajstić information content (AvgIpc) is 4.03. The van der Waals surface area contributed by atoms with Gasteiger partial charge in [-0.3, -0.25) is 33.7 Å². The van der Waals surface area contributed by atoms with E-state index < -0.39 is 62.9 Å². The zero-order chi connectivity index (χ0) is 46.7. The molecule has 19 heteroatoms. The normalized spacial score (nSPS) is 21.1. The van der Waals surface area contributed by atoms with Gasteiger partial charge in [0.2, 0.25) is 11.7 Å². The summed E-state index contributed by atoms with van der Waals surface area (Å²) in [6, 6.07) is 16.0. The van der Waals surface area contributed by atoms with Crippen molar-refractivity contribution in [2.45, 2.75) is 44.3 Å². The molecule has 10 rings (SSSR count). The van der Waals surface area contributed by atoms with Crippen molar-refractivity contribution in [1.29, 1.82) is 0 Å². The Morgan fingerprint density at radius 2 is 1.54 bits per heavy atom. The van der Waals surface area contributed by atoms with Crippen LogP contribution >= 0.6 is 0 Å². The zero-order valence-corrected chi connectivity index (χ0v) is 37.3. The number of benzene rings is 3. The highest BCUT2D eigenvalue weighted by atomic mass is 32.2. The summed E-state index contributed by atoms with van der Waals surface area (Å²) in [5.41, 5.74) is 3.41. The molecule has 0 aliphatic carbocycles. The number of ketones is 1. The Bertz CT molecular complexity index is 2950. The quantitative estimate of drug-likeness (QED) is 0.108. The molecule has 4 saturated heterocycles. The number of hydrogen-bond acceptors (Lipinski definition) is 10. The van der Waals surface area contributed by atoms with Crippen molar-refractivity contribution in [3.8, 4) is 11.1 Å². The monoisotopic (exact) mass is 935 g/mol. The Labute approximate surface area is 384 Å². The van der Waals surface area contributed by atoms with E-state index >= 15 is 8.78 Å². The van der Waals surface area contributed by atoms with E-state index in [1.54, 1.807) is 24.4 Å². The van der Waals surface area contributed by atoms with E-state index in [1.165, 1.54) is 6.20 Å². The number of amides is 3. The first-order valence-electron chi connectivity index (χ1n) is 22.5. The predicted octanol–water partition coefficient (Wildman–Crippen LogP) is 5.87. The highest BCUT2D eigenvalue weighted by Crippen LogP contribution is 2.35. The number of imide groups is 1. The lowest BCUT2D eigenvalue weighted by atomic mass is 9.95. The van der Waals surface area contributed by atoms with Crippen LogP contribution in [-0.4, -0.2) is 127 Å². The Morgan fingerprint density at radius 3 is 2.25 bits per heavy atom. The molecule has 4 fully saturated rings. The Morgan fingerprint density at radius 1 is 0.821 bits per heavy atom. The molecule has 3 amide bonds. The molecule has 2 aromatic heterocycles. The molecule has 7 heterocycles. The number of pyridine rings is 1. The first kappa shape index (κ1) is 44.3. The molecule has 5 aromatic rings. The highest BCUT2D eigenvalue weighted by molar-refractivity contribution is 7.90. The van der Waals surface area contributed by atoms with Gasteiger partial charge >= 0.3 is 10.2 Å². The van der Waals surface area contributed by atoms with E-state index in [0.29, 0.717) is 52.2 Å². The van der Waals surface area contributed by atoms with Crippen LogP contribution in [0.1, 0.15) is 68.7 Å². The van der Waals surface area contributed by atoms with Crippen molar-refractivity contribution in [2.75, 3.05) is 73.4 Å². The number of piperazine rings is 1. The lowest BCUT2D eigenvalue weighted by Gasteiger charge is -2.40. The van der Waals surface area contributed by atoms with Crippen LogP contribution in [0.3, 0.4) is 0 Å². The third-order valence-electron chi connectivity index (χ3n) is 13.7. The van der Waals surface area contributed by atoms with Crippen molar-refractivity contribution in [2.24, 2.45) is 5.92 Å². The summed E-state index contributed by atoms with van der Waals surface area (Å²) in [4.78, 5) is 68.6. The van der Waals surface area contributed by atoms with Crippen molar-refractivity contribution in [1.82, 2.24) is 29.4 Å². The number of allylic oxidation sites excluding steroid dienone is 1. The van der Waals surface area contributed by atoms with E-state index in [2.05, 4.69) is 36.6 Å². The van der Waals surface area contributed by atoms with Gasteiger partial charge in [0.15, 0.2) is 5.82 Å². The number of H-pyrrole nitrogens is 1. The lowest BCUT2D eigenvalue weighted by molar-refractivity contribution is -0.125. The number of aromatic nitrogens is 2. The number of anilines is 3. The van der Waals surface area contributed by atoms with E-state index in [9.17, 15) is 32.0 Å². The minimum atomic E-state index is -4.36. The maximum atomic E-state index is 15.8. The number of aromatic amines is 1.